The zero-order valence-electron chi connectivity index (χ0n) is 14.1. The summed E-state index contributed by atoms with van der Waals surface area (Å²) in [6.07, 6.45) is 0. The van der Waals surface area contributed by atoms with Crippen molar-refractivity contribution in [2.75, 3.05) is 14.1 Å². The molecule has 1 amide bonds. The average molecular weight is 369 g/mol. The third-order valence-electron chi connectivity index (χ3n) is 3.22. The van der Waals surface area contributed by atoms with Crippen LogP contribution in [0.4, 0.5) is 0 Å². The number of nitrogens with zero attached hydrogens (tertiary/aromatic N) is 3. The number of aromatic nitrogens is 3. The highest BCUT2D eigenvalue weighted by molar-refractivity contribution is 8.00. The van der Waals surface area contributed by atoms with Crippen molar-refractivity contribution in [1.82, 2.24) is 20.1 Å². The predicted molar refractivity (Wildman–Crippen MR) is 95.3 cm³/mol. The highest BCUT2D eigenvalue weighted by atomic mass is 35.5. The predicted octanol–water partition coefficient (Wildman–Crippen LogP) is 3.24. The number of aromatic amines is 1. The number of ether oxygens (including phenoxy) is 1. The third kappa shape index (κ3) is 5.14. The van der Waals surface area contributed by atoms with Gasteiger partial charge in [0.1, 0.15) is 12.4 Å². The SMILES string of the molecule is CC(C)C(Sc1n[nH]c(COc2ccc(Cl)cc2)n1)C(=O)N(C)C. The van der Waals surface area contributed by atoms with Gasteiger partial charge in [0.2, 0.25) is 11.1 Å². The highest BCUT2D eigenvalue weighted by Gasteiger charge is 2.26. The summed E-state index contributed by atoms with van der Waals surface area (Å²) in [5.74, 6) is 1.54. The molecule has 1 N–H and O–H groups in total. The minimum Gasteiger partial charge on any atom is -0.486 e. The molecular weight excluding hydrogens is 348 g/mol. The molecule has 24 heavy (non-hydrogen) atoms. The van der Waals surface area contributed by atoms with E-state index in [2.05, 4.69) is 15.2 Å². The standard InChI is InChI=1S/C16H21ClN4O2S/c1-10(2)14(15(22)21(3)4)24-16-18-13(19-20-16)9-23-12-7-5-11(17)6-8-12/h5-8,10,14H,9H2,1-4H3,(H,18,19,20). The number of amides is 1. The van der Waals surface area contributed by atoms with E-state index in [1.165, 1.54) is 11.8 Å². The van der Waals surface area contributed by atoms with Gasteiger partial charge in [-0.3, -0.25) is 9.89 Å². The number of hydrogen-bond donors (Lipinski definition) is 1. The quantitative estimate of drug-likeness (QED) is 0.759. The van der Waals surface area contributed by atoms with E-state index in [1.54, 1.807) is 43.3 Å². The van der Waals surface area contributed by atoms with Gasteiger partial charge in [-0.2, -0.15) is 0 Å². The van der Waals surface area contributed by atoms with Crippen LogP contribution < -0.4 is 4.74 Å². The van der Waals surface area contributed by atoms with E-state index in [9.17, 15) is 4.79 Å². The summed E-state index contributed by atoms with van der Waals surface area (Å²) < 4.78 is 5.62. The number of nitrogens with one attached hydrogen (secondary N) is 1. The van der Waals surface area contributed by atoms with E-state index in [4.69, 9.17) is 16.3 Å². The van der Waals surface area contributed by atoms with Crippen LogP contribution >= 0.6 is 23.4 Å². The van der Waals surface area contributed by atoms with Crippen LogP contribution in [0.1, 0.15) is 19.7 Å². The number of rotatable bonds is 7. The Labute approximate surface area is 150 Å². The summed E-state index contributed by atoms with van der Waals surface area (Å²) in [6, 6.07) is 7.11. The molecule has 1 atom stereocenters. The molecule has 2 rings (SSSR count). The summed E-state index contributed by atoms with van der Waals surface area (Å²) in [4.78, 5) is 18.2. The molecule has 0 bridgehead atoms. The maximum atomic E-state index is 12.2. The van der Waals surface area contributed by atoms with Gasteiger partial charge >= 0.3 is 0 Å². The maximum absolute atomic E-state index is 12.2. The van der Waals surface area contributed by atoms with Gasteiger partial charge in [0.15, 0.2) is 5.82 Å². The average Bonchev–Trinajstić information content (AvgIpc) is 2.98. The van der Waals surface area contributed by atoms with Gasteiger partial charge in [0.05, 0.1) is 5.25 Å². The Morgan fingerprint density at radius 3 is 2.58 bits per heavy atom. The summed E-state index contributed by atoms with van der Waals surface area (Å²) in [6.45, 7) is 4.29. The lowest BCUT2D eigenvalue weighted by atomic mass is 10.1. The van der Waals surface area contributed by atoms with E-state index in [1.807, 2.05) is 13.8 Å². The fraction of sp³-hybridized carbons (Fsp3) is 0.438. The molecule has 0 radical (unpaired) electrons. The van der Waals surface area contributed by atoms with Gasteiger partial charge in [0, 0.05) is 19.1 Å². The number of thioether (sulfide) groups is 1. The Morgan fingerprint density at radius 1 is 1.33 bits per heavy atom. The van der Waals surface area contributed by atoms with E-state index in [0.29, 0.717) is 21.8 Å². The first kappa shape index (κ1) is 18.6. The second-order valence-corrected chi connectivity index (χ2v) is 7.37. The number of H-pyrrole nitrogens is 1. The van der Waals surface area contributed by atoms with Crippen LogP contribution in [0.2, 0.25) is 5.02 Å². The van der Waals surface area contributed by atoms with Gasteiger partial charge in [-0.05, 0) is 30.2 Å². The highest BCUT2D eigenvalue weighted by Crippen LogP contribution is 2.27. The molecular formula is C16H21ClN4O2S. The second kappa shape index (κ2) is 8.39. The zero-order valence-corrected chi connectivity index (χ0v) is 15.7. The maximum Gasteiger partial charge on any atom is 0.235 e. The van der Waals surface area contributed by atoms with E-state index in [0.717, 1.165) is 0 Å². The van der Waals surface area contributed by atoms with Crippen LogP contribution in [0.15, 0.2) is 29.4 Å². The van der Waals surface area contributed by atoms with Crippen molar-refractivity contribution >= 4 is 29.3 Å². The topological polar surface area (TPSA) is 71.1 Å². The first-order valence-corrected chi connectivity index (χ1v) is 8.80. The van der Waals surface area contributed by atoms with Crippen LogP contribution in [-0.4, -0.2) is 45.3 Å². The molecule has 130 valence electrons. The molecule has 1 heterocycles. The summed E-state index contributed by atoms with van der Waals surface area (Å²) >= 11 is 7.20. The van der Waals surface area contributed by atoms with E-state index >= 15 is 0 Å². The van der Waals surface area contributed by atoms with Gasteiger partial charge in [0.25, 0.3) is 0 Å². The Hall–Kier alpha value is -1.73. The summed E-state index contributed by atoms with van der Waals surface area (Å²) in [5, 5.41) is 7.98. The van der Waals surface area contributed by atoms with E-state index < -0.39 is 0 Å². The molecule has 1 aromatic heterocycles. The van der Waals surface area contributed by atoms with Crippen molar-refractivity contribution in [2.45, 2.75) is 30.9 Å². The Kier molecular flexibility index (Phi) is 6.51. The van der Waals surface area contributed by atoms with Gasteiger partial charge in [-0.25, -0.2) is 4.98 Å². The molecule has 2 aromatic rings. The van der Waals surface area contributed by atoms with Gasteiger partial charge in [-0.15, -0.1) is 5.10 Å². The molecule has 0 aliphatic rings. The number of carbonyl (C=O) groups is 1. The third-order valence-corrected chi connectivity index (χ3v) is 4.87. The number of benzene rings is 1. The fourth-order valence-electron chi connectivity index (χ4n) is 1.92. The number of halogens is 1. The van der Waals surface area contributed by atoms with Crippen LogP contribution in [0, 0.1) is 5.92 Å². The molecule has 0 saturated heterocycles. The van der Waals surface area contributed by atoms with E-state index in [-0.39, 0.29) is 23.7 Å². The smallest absolute Gasteiger partial charge is 0.235 e. The lowest BCUT2D eigenvalue weighted by molar-refractivity contribution is -0.128. The monoisotopic (exact) mass is 368 g/mol. The van der Waals surface area contributed by atoms with Crippen LogP contribution in [-0.2, 0) is 11.4 Å². The number of hydrogen-bond acceptors (Lipinski definition) is 5. The lowest BCUT2D eigenvalue weighted by Gasteiger charge is -2.21. The van der Waals surface area contributed by atoms with Crippen molar-refractivity contribution in [3.05, 3.63) is 35.1 Å². The summed E-state index contributed by atoms with van der Waals surface area (Å²) in [5.41, 5.74) is 0. The van der Waals surface area contributed by atoms with Crippen LogP contribution in [0.25, 0.3) is 0 Å². The first-order valence-electron chi connectivity index (χ1n) is 7.54. The Morgan fingerprint density at radius 2 is 2.00 bits per heavy atom. The molecule has 0 fully saturated rings. The zero-order chi connectivity index (χ0) is 17.7. The Bertz CT molecular complexity index is 673. The van der Waals surface area contributed by atoms with Crippen molar-refractivity contribution in [3.63, 3.8) is 0 Å². The normalized spacial score (nSPS) is 12.2. The summed E-state index contributed by atoms with van der Waals surface area (Å²) in [7, 11) is 3.50. The van der Waals surface area contributed by atoms with Crippen molar-refractivity contribution in [2.24, 2.45) is 5.92 Å². The molecule has 0 aliphatic carbocycles. The minimum atomic E-state index is -0.221. The minimum absolute atomic E-state index is 0.0544. The van der Waals surface area contributed by atoms with Crippen molar-refractivity contribution in [1.29, 1.82) is 0 Å². The molecule has 6 nitrogen and oxygen atoms in total. The van der Waals surface area contributed by atoms with Crippen molar-refractivity contribution in [3.8, 4) is 5.75 Å². The molecule has 1 aromatic carbocycles. The lowest BCUT2D eigenvalue weighted by Crippen LogP contribution is -2.34. The van der Waals surface area contributed by atoms with Crippen LogP contribution in [0.3, 0.4) is 0 Å². The van der Waals surface area contributed by atoms with Crippen molar-refractivity contribution < 1.29 is 9.53 Å². The fourth-order valence-corrected chi connectivity index (χ4v) is 3.12. The van der Waals surface area contributed by atoms with Crippen LogP contribution in [0.5, 0.6) is 5.75 Å². The van der Waals surface area contributed by atoms with Gasteiger partial charge < -0.3 is 9.64 Å². The molecule has 1 unspecified atom stereocenters. The largest absolute Gasteiger partial charge is 0.486 e. The molecule has 0 saturated carbocycles. The van der Waals surface area contributed by atoms with Gasteiger partial charge in [-0.1, -0.05) is 37.2 Å². The second-order valence-electron chi connectivity index (χ2n) is 5.82. The Balaban J connectivity index is 1.96. The first-order chi connectivity index (χ1) is 11.4. The molecule has 0 aliphatic heterocycles. The molecule has 8 heteroatoms. The molecule has 0 spiro atoms. The number of carbonyl (C=O) groups excluding carboxylic acids is 1.